The molecule has 2 nitrogen and oxygen atoms in total. The van der Waals surface area contributed by atoms with Crippen LogP contribution < -0.4 is 11.1 Å². The van der Waals surface area contributed by atoms with Gasteiger partial charge in [-0.2, -0.15) is 0 Å². The smallest absolute Gasteiger partial charge is 0.106 e. The van der Waals surface area contributed by atoms with Crippen LogP contribution in [0.25, 0.3) is 0 Å². The molecule has 0 radical (unpaired) electrons. The summed E-state index contributed by atoms with van der Waals surface area (Å²) in [4.78, 5) is 0.396. The zero-order valence-corrected chi connectivity index (χ0v) is 12.3. The van der Waals surface area contributed by atoms with Gasteiger partial charge in [-0.05, 0) is 42.8 Å². The molecule has 0 aliphatic heterocycles. The van der Waals surface area contributed by atoms with Gasteiger partial charge in [0.1, 0.15) is 4.99 Å². The molecule has 0 amide bonds. The fourth-order valence-corrected chi connectivity index (χ4v) is 2.37. The first-order valence-electron chi connectivity index (χ1n) is 5.50. The van der Waals surface area contributed by atoms with Crippen LogP contribution in [-0.4, -0.2) is 4.99 Å². The van der Waals surface area contributed by atoms with Crippen molar-refractivity contribution in [3.05, 3.63) is 58.1 Å². The van der Waals surface area contributed by atoms with Gasteiger partial charge >= 0.3 is 0 Å². The first-order valence-corrected chi connectivity index (χ1v) is 6.70. The van der Waals surface area contributed by atoms with Crippen molar-refractivity contribution in [2.24, 2.45) is 5.73 Å². The average Bonchev–Trinajstić information content (AvgIpc) is 2.33. The maximum Gasteiger partial charge on any atom is 0.106 e. The quantitative estimate of drug-likeness (QED) is 0.835. The maximum absolute atomic E-state index is 5.71. The molecule has 0 unspecified atom stereocenters. The number of rotatable bonds is 3. The first-order chi connectivity index (χ1) is 8.58. The van der Waals surface area contributed by atoms with Crippen LogP contribution in [-0.2, 0) is 0 Å². The van der Waals surface area contributed by atoms with Gasteiger partial charge < -0.3 is 11.1 Å². The number of benzene rings is 2. The molecule has 18 heavy (non-hydrogen) atoms. The number of para-hydroxylation sites is 1. The fraction of sp³-hybridized carbons (Fsp3) is 0.0714. The number of thiocarbonyl (C=S) groups is 1. The Kier molecular flexibility index (Phi) is 3.99. The number of anilines is 2. The second kappa shape index (κ2) is 5.50. The standard InChI is InChI=1S/C14H13BrN2S/c1-9-8-10(15)6-7-12(9)17-13-5-3-2-4-11(13)14(16)18/h2-8,17H,1H3,(H2,16,18). The van der Waals surface area contributed by atoms with Gasteiger partial charge in [-0.1, -0.05) is 40.3 Å². The Balaban J connectivity index is 2.37. The van der Waals surface area contributed by atoms with E-state index in [0.717, 1.165) is 27.0 Å². The molecule has 92 valence electrons. The highest BCUT2D eigenvalue weighted by Crippen LogP contribution is 2.25. The second-order valence-electron chi connectivity index (χ2n) is 3.99. The molecule has 2 rings (SSSR count). The molecule has 0 atom stereocenters. The molecule has 2 aromatic rings. The van der Waals surface area contributed by atoms with Crippen LogP contribution in [0.15, 0.2) is 46.9 Å². The maximum atomic E-state index is 5.71. The highest BCUT2D eigenvalue weighted by Gasteiger charge is 2.06. The molecule has 0 aliphatic carbocycles. The lowest BCUT2D eigenvalue weighted by molar-refractivity contribution is 1.41. The predicted octanol–water partition coefficient (Wildman–Crippen LogP) is 4.14. The Morgan fingerprint density at radius 2 is 1.89 bits per heavy atom. The molecule has 0 aromatic heterocycles. The van der Waals surface area contributed by atoms with Crippen molar-refractivity contribution in [1.29, 1.82) is 0 Å². The zero-order chi connectivity index (χ0) is 13.1. The van der Waals surface area contributed by atoms with Crippen LogP contribution in [0.2, 0.25) is 0 Å². The number of nitrogens with one attached hydrogen (secondary N) is 1. The molecular formula is C14H13BrN2S. The third-order valence-corrected chi connectivity index (χ3v) is 3.36. The SMILES string of the molecule is Cc1cc(Br)ccc1Nc1ccccc1C(N)=S. The molecule has 0 fully saturated rings. The van der Waals surface area contributed by atoms with Gasteiger partial charge in [-0.3, -0.25) is 0 Å². The largest absolute Gasteiger partial charge is 0.389 e. The minimum Gasteiger partial charge on any atom is -0.389 e. The summed E-state index contributed by atoms with van der Waals surface area (Å²) < 4.78 is 1.06. The summed E-state index contributed by atoms with van der Waals surface area (Å²) in [7, 11) is 0. The number of hydrogen-bond donors (Lipinski definition) is 2. The summed E-state index contributed by atoms with van der Waals surface area (Å²) in [6.45, 7) is 2.05. The van der Waals surface area contributed by atoms with Gasteiger partial charge in [0.2, 0.25) is 0 Å². The third-order valence-electron chi connectivity index (χ3n) is 2.65. The van der Waals surface area contributed by atoms with Crippen molar-refractivity contribution >= 4 is 44.5 Å². The number of hydrogen-bond acceptors (Lipinski definition) is 2. The van der Waals surface area contributed by atoms with Gasteiger partial charge in [0.15, 0.2) is 0 Å². The molecule has 4 heteroatoms. The van der Waals surface area contributed by atoms with Gasteiger partial charge in [-0.15, -0.1) is 0 Å². The average molecular weight is 321 g/mol. The van der Waals surface area contributed by atoms with Crippen LogP contribution in [0.5, 0.6) is 0 Å². The number of halogens is 1. The Bertz CT molecular complexity index is 596. The van der Waals surface area contributed by atoms with Crippen LogP contribution in [0.1, 0.15) is 11.1 Å². The lowest BCUT2D eigenvalue weighted by Gasteiger charge is -2.13. The summed E-state index contributed by atoms with van der Waals surface area (Å²) in [5.41, 5.74) is 9.70. The Morgan fingerprint density at radius 3 is 2.56 bits per heavy atom. The van der Waals surface area contributed by atoms with Gasteiger partial charge in [0.25, 0.3) is 0 Å². The molecule has 0 bridgehead atoms. The van der Waals surface area contributed by atoms with Crippen molar-refractivity contribution < 1.29 is 0 Å². The monoisotopic (exact) mass is 320 g/mol. The third kappa shape index (κ3) is 2.89. The zero-order valence-electron chi connectivity index (χ0n) is 9.91. The topological polar surface area (TPSA) is 38.0 Å². The summed E-state index contributed by atoms with van der Waals surface area (Å²) in [5.74, 6) is 0. The molecular weight excluding hydrogens is 308 g/mol. The lowest BCUT2D eigenvalue weighted by atomic mass is 10.1. The number of nitrogens with two attached hydrogens (primary N) is 1. The fourth-order valence-electron chi connectivity index (χ4n) is 1.72. The van der Waals surface area contributed by atoms with Crippen LogP contribution >= 0.6 is 28.1 Å². The van der Waals surface area contributed by atoms with E-state index in [1.54, 1.807) is 0 Å². The van der Waals surface area contributed by atoms with E-state index in [-0.39, 0.29) is 0 Å². The molecule has 0 spiro atoms. The first kappa shape index (κ1) is 13.1. The minimum absolute atomic E-state index is 0.396. The van der Waals surface area contributed by atoms with Gasteiger partial charge in [0.05, 0.1) is 0 Å². The van der Waals surface area contributed by atoms with Crippen molar-refractivity contribution in [3.63, 3.8) is 0 Å². The molecule has 0 saturated carbocycles. The van der Waals surface area contributed by atoms with E-state index < -0.39 is 0 Å². The van der Waals surface area contributed by atoms with E-state index in [9.17, 15) is 0 Å². The summed E-state index contributed by atoms with van der Waals surface area (Å²) in [6.07, 6.45) is 0. The minimum atomic E-state index is 0.396. The van der Waals surface area contributed by atoms with Gasteiger partial charge in [0, 0.05) is 21.4 Å². The predicted molar refractivity (Wildman–Crippen MR) is 84.5 cm³/mol. The van der Waals surface area contributed by atoms with Crippen molar-refractivity contribution in [2.75, 3.05) is 5.32 Å². The normalized spacial score (nSPS) is 10.1. The van der Waals surface area contributed by atoms with Crippen molar-refractivity contribution in [3.8, 4) is 0 Å². The van der Waals surface area contributed by atoms with Crippen LogP contribution in [0.3, 0.4) is 0 Å². The van der Waals surface area contributed by atoms with E-state index in [0.29, 0.717) is 4.99 Å². The summed E-state index contributed by atoms with van der Waals surface area (Å²) in [5, 5.41) is 3.36. The highest BCUT2D eigenvalue weighted by atomic mass is 79.9. The highest BCUT2D eigenvalue weighted by molar-refractivity contribution is 9.10. The van der Waals surface area contributed by atoms with E-state index in [2.05, 4.69) is 34.2 Å². The molecule has 0 saturated heterocycles. The molecule has 3 N–H and O–H groups in total. The summed E-state index contributed by atoms with van der Waals surface area (Å²) >= 11 is 8.50. The Morgan fingerprint density at radius 1 is 1.17 bits per heavy atom. The second-order valence-corrected chi connectivity index (χ2v) is 5.35. The van der Waals surface area contributed by atoms with Crippen LogP contribution in [0, 0.1) is 6.92 Å². The Labute approximate surface area is 120 Å². The van der Waals surface area contributed by atoms with Crippen molar-refractivity contribution in [2.45, 2.75) is 6.92 Å². The molecule has 2 aromatic carbocycles. The summed E-state index contributed by atoms with van der Waals surface area (Å²) in [6, 6.07) is 13.8. The Hall–Kier alpha value is -1.39. The van der Waals surface area contributed by atoms with E-state index in [1.807, 2.05) is 36.4 Å². The lowest BCUT2D eigenvalue weighted by Crippen LogP contribution is -2.11. The molecule has 0 heterocycles. The number of aryl methyl sites for hydroxylation is 1. The van der Waals surface area contributed by atoms with E-state index in [4.69, 9.17) is 18.0 Å². The van der Waals surface area contributed by atoms with Crippen molar-refractivity contribution in [1.82, 2.24) is 0 Å². The van der Waals surface area contributed by atoms with E-state index in [1.165, 1.54) is 0 Å². The van der Waals surface area contributed by atoms with Gasteiger partial charge in [-0.25, -0.2) is 0 Å². The molecule has 0 aliphatic rings. The van der Waals surface area contributed by atoms with Crippen LogP contribution in [0.4, 0.5) is 11.4 Å². The van der Waals surface area contributed by atoms with E-state index >= 15 is 0 Å².